The molecule has 7 nitrogen and oxygen atoms in total. The molecule has 0 unspecified atom stereocenters. The Morgan fingerprint density at radius 1 is 1.55 bits per heavy atom. The normalized spacial score (nSPS) is 13.9. The van der Waals surface area contributed by atoms with Gasteiger partial charge < -0.3 is 15.3 Å². The van der Waals surface area contributed by atoms with Crippen molar-refractivity contribution in [2.75, 3.05) is 25.5 Å². The van der Waals surface area contributed by atoms with Crippen LogP contribution in [0.5, 0.6) is 0 Å². The lowest BCUT2D eigenvalue weighted by molar-refractivity contribution is -0.385. The smallest absolute Gasteiger partial charge is 0.282 e. The first kappa shape index (κ1) is 14.3. The second-order valence-electron chi connectivity index (χ2n) is 4.69. The molecule has 1 aliphatic carbocycles. The summed E-state index contributed by atoms with van der Waals surface area (Å²) < 4.78 is 0. The molecular weight excluding hydrogens is 262 g/mol. The van der Waals surface area contributed by atoms with Crippen molar-refractivity contribution < 1.29 is 14.8 Å². The van der Waals surface area contributed by atoms with Crippen molar-refractivity contribution in [2.24, 2.45) is 0 Å². The number of amides is 1. The number of aliphatic hydroxyl groups excluding tert-OH is 1. The standard InChI is InChI=1S/C13H17N3O4/c1-14-9-2-5-12(16(19)20)11(8-9)13(18)15(6-7-17)10-3-4-10/h2,5,8,10,14,17H,3-4,6-7H2,1H3. The molecule has 2 N–H and O–H groups in total. The summed E-state index contributed by atoms with van der Waals surface area (Å²) in [6.07, 6.45) is 1.76. The van der Waals surface area contributed by atoms with E-state index in [1.165, 1.54) is 17.0 Å². The Hall–Kier alpha value is -2.15. The van der Waals surface area contributed by atoms with Crippen LogP contribution >= 0.6 is 0 Å². The van der Waals surface area contributed by atoms with Crippen molar-refractivity contribution in [1.82, 2.24) is 4.90 Å². The van der Waals surface area contributed by atoms with E-state index in [0.717, 1.165) is 12.8 Å². The van der Waals surface area contributed by atoms with Crippen LogP contribution in [0.1, 0.15) is 23.2 Å². The van der Waals surface area contributed by atoms with Crippen LogP contribution in [0.4, 0.5) is 11.4 Å². The number of hydrogen-bond acceptors (Lipinski definition) is 5. The number of nitro groups is 1. The summed E-state index contributed by atoms with van der Waals surface area (Å²) in [4.78, 5) is 24.5. The van der Waals surface area contributed by atoms with E-state index in [9.17, 15) is 14.9 Å². The molecule has 108 valence electrons. The zero-order valence-electron chi connectivity index (χ0n) is 11.2. The van der Waals surface area contributed by atoms with Crippen LogP contribution in [0.15, 0.2) is 18.2 Å². The number of nitrogens with one attached hydrogen (secondary N) is 1. The molecule has 0 atom stereocenters. The van der Waals surface area contributed by atoms with E-state index < -0.39 is 10.8 Å². The minimum atomic E-state index is -0.559. The molecule has 1 aliphatic rings. The van der Waals surface area contributed by atoms with Crippen LogP contribution in [0.3, 0.4) is 0 Å². The van der Waals surface area contributed by atoms with Gasteiger partial charge in [-0.15, -0.1) is 0 Å². The highest BCUT2D eigenvalue weighted by Gasteiger charge is 2.35. The number of rotatable bonds is 6. The molecule has 0 aliphatic heterocycles. The molecule has 2 rings (SSSR count). The van der Waals surface area contributed by atoms with Gasteiger partial charge in [-0.1, -0.05) is 0 Å². The second-order valence-corrected chi connectivity index (χ2v) is 4.69. The number of hydrogen-bond donors (Lipinski definition) is 2. The fourth-order valence-corrected chi connectivity index (χ4v) is 2.12. The van der Waals surface area contributed by atoms with Crippen molar-refractivity contribution in [3.05, 3.63) is 33.9 Å². The topological polar surface area (TPSA) is 95.7 Å². The van der Waals surface area contributed by atoms with Gasteiger partial charge >= 0.3 is 0 Å². The average Bonchev–Trinajstić information content (AvgIpc) is 3.27. The van der Waals surface area contributed by atoms with Gasteiger partial charge in [0, 0.05) is 31.4 Å². The highest BCUT2D eigenvalue weighted by Crippen LogP contribution is 2.31. The number of aliphatic hydroxyl groups is 1. The molecule has 1 saturated carbocycles. The van der Waals surface area contributed by atoms with Gasteiger partial charge in [0.05, 0.1) is 11.5 Å². The SMILES string of the molecule is CNc1ccc([N+](=O)[O-])c(C(=O)N(CCO)C2CC2)c1. The van der Waals surface area contributed by atoms with Gasteiger partial charge in [0.1, 0.15) is 5.56 Å². The summed E-state index contributed by atoms with van der Waals surface area (Å²) in [5, 5.41) is 23.0. The van der Waals surface area contributed by atoms with Gasteiger partial charge in [-0.2, -0.15) is 0 Å². The first-order chi connectivity index (χ1) is 9.58. The molecule has 0 aromatic heterocycles. The van der Waals surface area contributed by atoms with Crippen molar-refractivity contribution in [3.63, 3.8) is 0 Å². The minimum Gasteiger partial charge on any atom is -0.395 e. The van der Waals surface area contributed by atoms with Crippen molar-refractivity contribution in [1.29, 1.82) is 0 Å². The zero-order chi connectivity index (χ0) is 14.7. The Morgan fingerprint density at radius 2 is 2.25 bits per heavy atom. The van der Waals surface area contributed by atoms with E-state index in [2.05, 4.69) is 5.32 Å². The first-order valence-corrected chi connectivity index (χ1v) is 6.46. The third-order valence-corrected chi connectivity index (χ3v) is 3.30. The van der Waals surface area contributed by atoms with E-state index >= 15 is 0 Å². The lowest BCUT2D eigenvalue weighted by Crippen LogP contribution is -2.35. The van der Waals surface area contributed by atoms with Gasteiger partial charge in [0.15, 0.2) is 0 Å². The molecule has 7 heteroatoms. The Balaban J connectivity index is 2.37. The molecule has 0 spiro atoms. The van der Waals surface area contributed by atoms with E-state index in [0.29, 0.717) is 5.69 Å². The molecular formula is C13H17N3O4. The number of carbonyl (C=O) groups excluding carboxylic acids is 1. The predicted octanol–water partition coefficient (Wildman–Crippen LogP) is 1.23. The molecule has 1 fully saturated rings. The summed E-state index contributed by atoms with van der Waals surface area (Å²) in [5.74, 6) is -0.398. The molecule has 1 amide bonds. The maximum absolute atomic E-state index is 12.5. The quantitative estimate of drug-likeness (QED) is 0.603. The summed E-state index contributed by atoms with van der Waals surface area (Å²) in [7, 11) is 1.68. The molecule has 0 radical (unpaired) electrons. The van der Waals surface area contributed by atoms with Crippen molar-refractivity contribution >= 4 is 17.3 Å². The summed E-state index contributed by atoms with van der Waals surface area (Å²) >= 11 is 0. The monoisotopic (exact) mass is 279 g/mol. The third-order valence-electron chi connectivity index (χ3n) is 3.30. The van der Waals surface area contributed by atoms with Crippen LogP contribution < -0.4 is 5.32 Å². The van der Waals surface area contributed by atoms with Crippen molar-refractivity contribution in [2.45, 2.75) is 18.9 Å². The van der Waals surface area contributed by atoms with E-state index in [-0.39, 0.29) is 30.4 Å². The highest BCUT2D eigenvalue weighted by molar-refractivity contribution is 5.99. The van der Waals surface area contributed by atoms with Gasteiger partial charge in [-0.25, -0.2) is 0 Å². The largest absolute Gasteiger partial charge is 0.395 e. The number of nitro benzene ring substituents is 1. The molecule has 20 heavy (non-hydrogen) atoms. The molecule has 1 aromatic rings. The second kappa shape index (κ2) is 5.87. The van der Waals surface area contributed by atoms with Gasteiger partial charge in [0.2, 0.25) is 0 Å². The summed E-state index contributed by atoms with van der Waals surface area (Å²) in [5.41, 5.74) is 0.485. The maximum atomic E-state index is 12.5. The van der Waals surface area contributed by atoms with Crippen LogP contribution in [-0.2, 0) is 0 Å². The van der Waals surface area contributed by atoms with Crippen LogP contribution in [-0.4, -0.2) is 47.1 Å². The third kappa shape index (κ3) is 2.88. The highest BCUT2D eigenvalue weighted by atomic mass is 16.6. The van der Waals surface area contributed by atoms with E-state index in [4.69, 9.17) is 5.11 Å². The van der Waals surface area contributed by atoms with Crippen LogP contribution in [0.2, 0.25) is 0 Å². The lowest BCUT2D eigenvalue weighted by atomic mass is 10.1. The minimum absolute atomic E-state index is 0.0576. The first-order valence-electron chi connectivity index (χ1n) is 6.46. The number of benzene rings is 1. The number of nitrogens with zero attached hydrogens (tertiary/aromatic N) is 2. The zero-order valence-corrected chi connectivity index (χ0v) is 11.2. The van der Waals surface area contributed by atoms with Gasteiger partial charge in [0.25, 0.3) is 11.6 Å². The van der Waals surface area contributed by atoms with Gasteiger partial charge in [-0.3, -0.25) is 14.9 Å². The van der Waals surface area contributed by atoms with E-state index in [1.54, 1.807) is 13.1 Å². The Bertz CT molecular complexity index is 528. The Labute approximate surface area is 116 Å². The summed E-state index contributed by atoms with van der Waals surface area (Å²) in [6.45, 7) is 0.0478. The van der Waals surface area contributed by atoms with Crippen molar-refractivity contribution in [3.8, 4) is 0 Å². The Kier molecular flexibility index (Phi) is 4.19. The van der Waals surface area contributed by atoms with Crippen LogP contribution in [0, 0.1) is 10.1 Å². The average molecular weight is 279 g/mol. The number of carbonyl (C=O) groups is 1. The fourth-order valence-electron chi connectivity index (χ4n) is 2.12. The molecule has 0 heterocycles. The summed E-state index contributed by atoms with van der Waals surface area (Å²) in [6, 6.07) is 4.45. The van der Waals surface area contributed by atoms with Crippen LogP contribution in [0.25, 0.3) is 0 Å². The Morgan fingerprint density at radius 3 is 2.75 bits per heavy atom. The maximum Gasteiger partial charge on any atom is 0.282 e. The number of anilines is 1. The molecule has 0 saturated heterocycles. The molecule has 1 aromatic carbocycles. The lowest BCUT2D eigenvalue weighted by Gasteiger charge is -2.21. The van der Waals surface area contributed by atoms with Gasteiger partial charge in [-0.05, 0) is 25.0 Å². The predicted molar refractivity (Wildman–Crippen MR) is 73.8 cm³/mol. The van der Waals surface area contributed by atoms with E-state index in [1.807, 2.05) is 0 Å². The molecule has 0 bridgehead atoms. The fraction of sp³-hybridized carbons (Fsp3) is 0.462.